The van der Waals surface area contributed by atoms with Gasteiger partial charge in [0.2, 0.25) is 0 Å². The summed E-state index contributed by atoms with van der Waals surface area (Å²) >= 11 is 0. The Kier molecular flexibility index (Phi) is 5.78. The molecule has 2 aromatic carbocycles. The van der Waals surface area contributed by atoms with Crippen LogP contribution in [0, 0.1) is 11.6 Å². The van der Waals surface area contributed by atoms with Crippen molar-refractivity contribution in [2.75, 3.05) is 42.3 Å². The lowest BCUT2D eigenvalue weighted by Crippen LogP contribution is -2.28. The van der Waals surface area contributed by atoms with Gasteiger partial charge in [-0.15, -0.1) is 0 Å². The highest BCUT2D eigenvalue weighted by Crippen LogP contribution is 2.29. The number of anilines is 3. The molecule has 0 spiro atoms. The number of hydrogen-bond acceptors (Lipinski definition) is 3. The molecule has 27 heavy (non-hydrogen) atoms. The summed E-state index contributed by atoms with van der Waals surface area (Å²) in [7, 11) is 3.88. The van der Waals surface area contributed by atoms with Gasteiger partial charge in [-0.1, -0.05) is 12.1 Å². The molecular formula is C20H24F2N4O. The Balaban J connectivity index is 1.61. The summed E-state index contributed by atoms with van der Waals surface area (Å²) < 4.78 is 28.7. The summed E-state index contributed by atoms with van der Waals surface area (Å²) in [6.07, 6.45) is 1.85. The number of hydrogen-bond donors (Lipinski definition) is 2. The molecule has 7 heteroatoms. The van der Waals surface area contributed by atoms with Gasteiger partial charge in [0.15, 0.2) is 11.6 Å². The van der Waals surface area contributed by atoms with E-state index in [0.717, 1.165) is 36.2 Å². The van der Waals surface area contributed by atoms with Crippen LogP contribution in [-0.4, -0.2) is 33.2 Å². The molecule has 0 bridgehead atoms. The number of benzene rings is 2. The highest BCUT2D eigenvalue weighted by atomic mass is 19.1. The largest absolute Gasteiger partial charge is 0.378 e. The molecule has 3 rings (SSSR count). The fraction of sp³-hybridized carbons (Fsp3) is 0.350. The summed E-state index contributed by atoms with van der Waals surface area (Å²) in [4.78, 5) is 15.8. The van der Waals surface area contributed by atoms with Gasteiger partial charge in [-0.2, -0.15) is 0 Å². The fourth-order valence-electron chi connectivity index (χ4n) is 3.18. The van der Waals surface area contributed by atoms with Crippen LogP contribution in [0.25, 0.3) is 0 Å². The van der Waals surface area contributed by atoms with Crippen LogP contribution >= 0.6 is 0 Å². The lowest BCUT2D eigenvalue weighted by atomic mass is 10.2. The Hall–Kier alpha value is -2.83. The molecule has 2 N–H and O–H groups in total. The molecule has 5 nitrogen and oxygen atoms in total. The van der Waals surface area contributed by atoms with E-state index in [0.29, 0.717) is 19.6 Å². The van der Waals surface area contributed by atoms with Gasteiger partial charge < -0.3 is 20.4 Å². The van der Waals surface area contributed by atoms with Crippen molar-refractivity contribution in [2.45, 2.75) is 19.4 Å². The molecule has 0 aromatic heterocycles. The standard InChI is InChI=1S/C20H24F2N4O/c1-25(2)16-7-5-6-14(10-16)13-23-20(27)24-15-11-17(21)19(18(22)12-15)26-8-3-4-9-26/h5-7,10-12H,3-4,8-9,13H2,1-2H3,(H2,23,24,27). The number of nitrogens with one attached hydrogen (secondary N) is 2. The smallest absolute Gasteiger partial charge is 0.319 e. The molecular weight excluding hydrogens is 350 g/mol. The summed E-state index contributed by atoms with van der Waals surface area (Å²) in [5, 5.41) is 5.19. The Morgan fingerprint density at radius 3 is 2.41 bits per heavy atom. The fourth-order valence-corrected chi connectivity index (χ4v) is 3.18. The zero-order chi connectivity index (χ0) is 19.4. The number of amides is 2. The monoisotopic (exact) mass is 374 g/mol. The Labute approximate surface area is 158 Å². The van der Waals surface area contributed by atoms with Crippen molar-refractivity contribution in [1.82, 2.24) is 5.32 Å². The number of urea groups is 1. The predicted molar refractivity (Wildman–Crippen MR) is 104 cm³/mol. The van der Waals surface area contributed by atoms with Gasteiger partial charge in [0, 0.05) is 45.1 Å². The van der Waals surface area contributed by atoms with Crippen molar-refractivity contribution in [3.05, 3.63) is 53.6 Å². The van der Waals surface area contributed by atoms with Crippen molar-refractivity contribution >= 4 is 23.1 Å². The van der Waals surface area contributed by atoms with Gasteiger partial charge in [-0.3, -0.25) is 0 Å². The third-order valence-electron chi connectivity index (χ3n) is 4.58. The van der Waals surface area contributed by atoms with E-state index in [1.54, 1.807) is 4.90 Å². The highest BCUT2D eigenvalue weighted by Gasteiger charge is 2.21. The molecule has 0 saturated carbocycles. The molecule has 0 unspecified atom stereocenters. The van der Waals surface area contributed by atoms with Gasteiger partial charge in [0.25, 0.3) is 0 Å². The second kappa shape index (κ2) is 8.24. The minimum absolute atomic E-state index is 0.0149. The molecule has 0 atom stereocenters. The lowest BCUT2D eigenvalue weighted by Gasteiger charge is -2.20. The molecule has 1 fully saturated rings. The van der Waals surface area contributed by atoms with Gasteiger partial charge >= 0.3 is 6.03 Å². The van der Waals surface area contributed by atoms with Crippen molar-refractivity contribution in [1.29, 1.82) is 0 Å². The lowest BCUT2D eigenvalue weighted by molar-refractivity contribution is 0.251. The molecule has 0 radical (unpaired) electrons. The Morgan fingerprint density at radius 2 is 1.78 bits per heavy atom. The van der Waals surface area contributed by atoms with E-state index in [9.17, 15) is 13.6 Å². The van der Waals surface area contributed by atoms with Crippen molar-refractivity contribution in [3.63, 3.8) is 0 Å². The summed E-state index contributed by atoms with van der Waals surface area (Å²) in [5.41, 5.74) is 2.03. The first-order valence-electron chi connectivity index (χ1n) is 8.99. The maximum atomic E-state index is 14.3. The third kappa shape index (κ3) is 4.67. The second-order valence-corrected chi connectivity index (χ2v) is 6.85. The second-order valence-electron chi connectivity index (χ2n) is 6.85. The molecule has 2 aromatic rings. The minimum atomic E-state index is -0.661. The summed E-state index contributed by atoms with van der Waals surface area (Å²) in [5.74, 6) is -1.32. The zero-order valence-corrected chi connectivity index (χ0v) is 15.6. The average molecular weight is 374 g/mol. The van der Waals surface area contributed by atoms with E-state index >= 15 is 0 Å². The highest BCUT2D eigenvalue weighted by molar-refractivity contribution is 5.89. The van der Waals surface area contributed by atoms with Crippen molar-refractivity contribution < 1.29 is 13.6 Å². The third-order valence-corrected chi connectivity index (χ3v) is 4.58. The van der Waals surface area contributed by atoms with E-state index in [-0.39, 0.29) is 11.4 Å². The van der Waals surface area contributed by atoms with E-state index in [1.807, 2.05) is 43.3 Å². The van der Waals surface area contributed by atoms with Gasteiger partial charge in [-0.05, 0) is 42.7 Å². The van der Waals surface area contributed by atoms with Gasteiger partial charge in [0.05, 0.1) is 0 Å². The van der Waals surface area contributed by atoms with E-state index < -0.39 is 17.7 Å². The molecule has 1 saturated heterocycles. The maximum absolute atomic E-state index is 14.3. The van der Waals surface area contributed by atoms with Gasteiger partial charge in [0.1, 0.15) is 5.69 Å². The van der Waals surface area contributed by atoms with E-state index in [1.165, 1.54) is 0 Å². The molecule has 1 aliphatic rings. The van der Waals surface area contributed by atoms with Crippen LogP contribution in [0.3, 0.4) is 0 Å². The Morgan fingerprint density at radius 1 is 1.11 bits per heavy atom. The molecule has 2 amide bonds. The van der Waals surface area contributed by atoms with E-state index in [4.69, 9.17) is 0 Å². The van der Waals surface area contributed by atoms with Crippen molar-refractivity contribution in [2.24, 2.45) is 0 Å². The van der Waals surface area contributed by atoms with Crippen molar-refractivity contribution in [3.8, 4) is 0 Å². The number of carbonyl (C=O) groups excluding carboxylic acids is 1. The average Bonchev–Trinajstić information content (AvgIpc) is 3.14. The topological polar surface area (TPSA) is 47.6 Å². The van der Waals surface area contributed by atoms with Crippen LogP contribution in [0.15, 0.2) is 36.4 Å². The summed E-state index contributed by atoms with van der Waals surface area (Å²) in [6, 6.07) is 9.54. The number of nitrogens with zero attached hydrogens (tertiary/aromatic N) is 2. The van der Waals surface area contributed by atoms with Crippen LogP contribution in [-0.2, 0) is 6.54 Å². The maximum Gasteiger partial charge on any atom is 0.319 e. The zero-order valence-electron chi connectivity index (χ0n) is 15.6. The van der Waals surface area contributed by atoms with E-state index in [2.05, 4.69) is 10.6 Å². The first kappa shape index (κ1) is 18.9. The van der Waals surface area contributed by atoms with Crippen LogP contribution in [0.4, 0.5) is 30.6 Å². The van der Waals surface area contributed by atoms with Crippen LogP contribution in [0.1, 0.15) is 18.4 Å². The molecule has 1 aliphatic heterocycles. The van der Waals surface area contributed by atoms with Crippen LogP contribution < -0.4 is 20.4 Å². The normalized spacial score (nSPS) is 13.6. The SMILES string of the molecule is CN(C)c1cccc(CNC(=O)Nc2cc(F)c(N3CCCC3)c(F)c2)c1. The first-order chi connectivity index (χ1) is 12.9. The number of rotatable bonds is 5. The minimum Gasteiger partial charge on any atom is -0.378 e. The predicted octanol–water partition coefficient (Wildman–Crippen LogP) is 3.95. The molecule has 1 heterocycles. The number of carbonyl (C=O) groups is 1. The summed E-state index contributed by atoms with van der Waals surface area (Å²) in [6.45, 7) is 1.60. The number of halogens is 2. The quantitative estimate of drug-likeness (QED) is 0.833. The Bertz CT molecular complexity index is 796. The van der Waals surface area contributed by atoms with Crippen LogP contribution in [0.2, 0.25) is 0 Å². The van der Waals surface area contributed by atoms with Gasteiger partial charge in [-0.25, -0.2) is 13.6 Å². The molecule has 0 aliphatic carbocycles. The first-order valence-corrected chi connectivity index (χ1v) is 8.99. The van der Waals surface area contributed by atoms with Crippen LogP contribution in [0.5, 0.6) is 0 Å². The molecule has 144 valence electrons.